The largest absolute Gasteiger partial charge is 0.513 e. The normalized spacial score (nSPS) is 24.0. The standard InChI is InChI=1S/C17H29N3O3S.CH4/c1-12(21)7-3-2-6-10-18-15(22)9-5-4-8-14-16-13(11-24-14)19-17(23)20-16;/h13-14,16,21H,1-11H2,(H,18,22)(H2,19,20,23);1H4/t13-,14-,16-;/m0./s1. The number of amides is 3. The monoisotopic (exact) mass is 371 g/mol. The summed E-state index contributed by atoms with van der Waals surface area (Å²) in [5, 5.41) is 18.3. The van der Waals surface area contributed by atoms with Crippen molar-refractivity contribution in [3.8, 4) is 0 Å². The van der Waals surface area contributed by atoms with E-state index in [1.165, 1.54) is 0 Å². The van der Waals surface area contributed by atoms with Crippen LogP contribution in [-0.2, 0) is 4.79 Å². The van der Waals surface area contributed by atoms with Gasteiger partial charge in [-0.15, -0.1) is 0 Å². The fraction of sp³-hybridized carbons (Fsp3) is 0.778. The molecular formula is C18H33N3O3S. The lowest BCUT2D eigenvalue weighted by Gasteiger charge is -2.16. The lowest BCUT2D eigenvalue weighted by Crippen LogP contribution is -2.36. The van der Waals surface area contributed by atoms with Crippen molar-refractivity contribution in [3.05, 3.63) is 12.3 Å². The minimum Gasteiger partial charge on any atom is -0.513 e. The molecule has 25 heavy (non-hydrogen) atoms. The number of aliphatic hydroxyl groups is 1. The maximum Gasteiger partial charge on any atom is 0.315 e. The van der Waals surface area contributed by atoms with Gasteiger partial charge in [0.15, 0.2) is 0 Å². The number of unbranched alkanes of at least 4 members (excludes halogenated alkanes) is 3. The Hall–Kier alpha value is -1.37. The van der Waals surface area contributed by atoms with Gasteiger partial charge in [-0.2, -0.15) is 11.8 Å². The third kappa shape index (κ3) is 7.59. The molecule has 144 valence electrons. The van der Waals surface area contributed by atoms with E-state index in [-0.39, 0.29) is 37.2 Å². The highest BCUT2D eigenvalue weighted by Gasteiger charge is 2.42. The van der Waals surface area contributed by atoms with Gasteiger partial charge in [-0.1, -0.05) is 26.8 Å². The quantitative estimate of drug-likeness (QED) is 0.255. The van der Waals surface area contributed by atoms with Gasteiger partial charge in [0, 0.05) is 30.4 Å². The topological polar surface area (TPSA) is 90.5 Å². The number of hydrogen-bond acceptors (Lipinski definition) is 4. The van der Waals surface area contributed by atoms with Crippen molar-refractivity contribution in [2.45, 2.75) is 76.1 Å². The Labute approximate surface area is 155 Å². The zero-order valence-electron chi connectivity index (χ0n) is 14.2. The summed E-state index contributed by atoms with van der Waals surface area (Å²) < 4.78 is 0. The molecule has 2 rings (SSSR count). The van der Waals surface area contributed by atoms with E-state index in [2.05, 4.69) is 22.5 Å². The third-order valence-corrected chi connectivity index (χ3v) is 6.05. The first kappa shape index (κ1) is 21.7. The van der Waals surface area contributed by atoms with E-state index in [9.17, 15) is 9.59 Å². The van der Waals surface area contributed by atoms with E-state index in [0.29, 0.717) is 24.6 Å². The van der Waals surface area contributed by atoms with E-state index in [1.54, 1.807) is 0 Å². The van der Waals surface area contributed by atoms with Crippen LogP contribution in [0.25, 0.3) is 0 Å². The van der Waals surface area contributed by atoms with Gasteiger partial charge in [0.1, 0.15) is 0 Å². The fourth-order valence-electron chi connectivity index (χ4n) is 3.22. The van der Waals surface area contributed by atoms with E-state index in [0.717, 1.165) is 44.3 Å². The number of aliphatic hydroxyl groups excluding tert-OH is 1. The van der Waals surface area contributed by atoms with E-state index < -0.39 is 0 Å². The molecule has 0 radical (unpaired) electrons. The molecule has 0 aromatic heterocycles. The minimum absolute atomic E-state index is 0. The molecule has 2 aliphatic heterocycles. The van der Waals surface area contributed by atoms with Crippen molar-refractivity contribution in [1.82, 2.24) is 16.0 Å². The molecular weight excluding hydrogens is 338 g/mol. The molecule has 2 saturated heterocycles. The molecule has 3 atom stereocenters. The second-order valence-corrected chi connectivity index (χ2v) is 7.87. The first-order valence-electron chi connectivity index (χ1n) is 8.88. The summed E-state index contributed by atoms with van der Waals surface area (Å²) in [6, 6.07) is 0.489. The lowest BCUT2D eigenvalue weighted by molar-refractivity contribution is -0.121. The first-order valence-corrected chi connectivity index (χ1v) is 9.93. The minimum atomic E-state index is -0.0435. The van der Waals surface area contributed by atoms with Crippen molar-refractivity contribution >= 4 is 23.7 Å². The number of carbonyl (C=O) groups excluding carboxylic acids is 2. The first-order chi connectivity index (χ1) is 11.6. The van der Waals surface area contributed by atoms with Crippen LogP contribution in [0.4, 0.5) is 4.79 Å². The van der Waals surface area contributed by atoms with Crippen molar-refractivity contribution < 1.29 is 14.7 Å². The molecule has 4 N–H and O–H groups in total. The van der Waals surface area contributed by atoms with Crippen molar-refractivity contribution in [3.63, 3.8) is 0 Å². The van der Waals surface area contributed by atoms with Gasteiger partial charge in [0.05, 0.1) is 17.8 Å². The average Bonchev–Trinajstić information content (AvgIpc) is 3.06. The summed E-state index contributed by atoms with van der Waals surface area (Å²) in [4.78, 5) is 23.1. The SMILES string of the molecule is C.C=C(O)CCCCCNC(=O)CCCC[C@@H]1SC[C@@H]2NC(=O)N[C@@H]21. The highest BCUT2D eigenvalue weighted by molar-refractivity contribution is 8.00. The molecule has 0 aliphatic carbocycles. The highest BCUT2D eigenvalue weighted by atomic mass is 32.2. The van der Waals surface area contributed by atoms with Crippen LogP contribution in [-0.4, -0.2) is 46.7 Å². The van der Waals surface area contributed by atoms with Crippen LogP contribution in [0.1, 0.15) is 58.8 Å². The van der Waals surface area contributed by atoms with E-state index in [1.807, 2.05) is 11.8 Å². The van der Waals surface area contributed by atoms with Crippen molar-refractivity contribution in [2.24, 2.45) is 0 Å². The molecule has 0 spiro atoms. The number of rotatable bonds is 11. The van der Waals surface area contributed by atoms with Crippen LogP contribution in [0, 0.1) is 0 Å². The molecule has 0 bridgehead atoms. The number of carbonyl (C=O) groups is 2. The van der Waals surface area contributed by atoms with Crippen LogP contribution in [0.5, 0.6) is 0 Å². The predicted molar refractivity (Wildman–Crippen MR) is 104 cm³/mol. The van der Waals surface area contributed by atoms with Crippen molar-refractivity contribution in [2.75, 3.05) is 12.3 Å². The molecule has 2 heterocycles. The smallest absolute Gasteiger partial charge is 0.315 e. The molecule has 6 nitrogen and oxygen atoms in total. The Balaban J connectivity index is 0.00000312. The Morgan fingerprint density at radius 2 is 1.96 bits per heavy atom. The van der Waals surface area contributed by atoms with Gasteiger partial charge in [0.25, 0.3) is 0 Å². The summed E-state index contributed by atoms with van der Waals surface area (Å²) in [7, 11) is 0. The zero-order chi connectivity index (χ0) is 17.4. The van der Waals surface area contributed by atoms with Gasteiger partial charge in [-0.3, -0.25) is 4.79 Å². The Morgan fingerprint density at radius 1 is 1.20 bits per heavy atom. The molecule has 3 amide bonds. The maximum atomic E-state index is 11.8. The number of nitrogens with one attached hydrogen (secondary N) is 3. The molecule has 2 aliphatic rings. The Kier molecular flexibility index (Phi) is 9.78. The van der Waals surface area contributed by atoms with Crippen molar-refractivity contribution in [1.29, 1.82) is 0 Å². The second kappa shape index (κ2) is 11.3. The molecule has 7 heteroatoms. The summed E-state index contributed by atoms with van der Waals surface area (Å²) >= 11 is 1.92. The lowest BCUT2D eigenvalue weighted by atomic mass is 10.0. The number of thioether (sulfide) groups is 1. The van der Waals surface area contributed by atoms with Gasteiger partial charge in [0.2, 0.25) is 5.91 Å². The molecule has 0 aromatic rings. The van der Waals surface area contributed by atoms with Crippen LogP contribution in [0.2, 0.25) is 0 Å². The summed E-state index contributed by atoms with van der Waals surface area (Å²) in [5.41, 5.74) is 0. The van der Waals surface area contributed by atoms with E-state index >= 15 is 0 Å². The van der Waals surface area contributed by atoms with Gasteiger partial charge in [-0.05, 0) is 25.7 Å². The maximum absolute atomic E-state index is 11.8. The van der Waals surface area contributed by atoms with E-state index in [4.69, 9.17) is 5.11 Å². The number of urea groups is 1. The molecule has 0 aromatic carbocycles. The number of allylic oxidation sites excluding steroid dienone is 1. The number of hydrogen-bond donors (Lipinski definition) is 4. The van der Waals surface area contributed by atoms with Crippen LogP contribution in [0.3, 0.4) is 0 Å². The van der Waals surface area contributed by atoms with Gasteiger partial charge in [-0.25, -0.2) is 4.79 Å². The zero-order valence-corrected chi connectivity index (χ0v) is 15.0. The second-order valence-electron chi connectivity index (χ2n) is 6.59. The van der Waals surface area contributed by atoms with Gasteiger partial charge < -0.3 is 21.1 Å². The fourth-order valence-corrected chi connectivity index (χ4v) is 4.76. The number of fused-ring (bicyclic) bond motifs is 1. The van der Waals surface area contributed by atoms with Crippen LogP contribution >= 0.6 is 11.8 Å². The third-order valence-electron chi connectivity index (χ3n) is 4.54. The van der Waals surface area contributed by atoms with Gasteiger partial charge >= 0.3 is 6.03 Å². The summed E-state index contributed by atoms with van der Waals surface area (Å²) in [6.07, 6.45) is 7.02. The predicted octanol–water partition coefficient (Wildman–Crippen LogP) is 3.10. The highest BCUT2D eigenvalue weighted by Crippen LogP contribution is 2.33. The average molecular weight is 372 g/mol. The molecule has 0 saturated carbocycles. The summed E-state index contributed by atoms with van der Waals surface area (Å²) in [6.45, 7) is 4.16. The van der Waals surface area contributed by atoms with Crippen LogP contribution < -0.4 is 16.0 Å². The molecule has 0 unspecified atom stereocenters. The summed E-state index contributed by atoms with van der Waals surface area (Å²) in [5.74, 6) is 1.34. The Bertz CT molecular complexity index is 459. The van der Waals surface area contributed by atoms with Crippen LogP contribution in [0.15, 0.2) is 12.3 Å². The Morgan fingerprint density at radius 3 is 2.72 bits per heavy atom. The molecule has 2 fully saturated rings.